The molecule has 5 heteroatoms. The van der Waals surface area contributed by atoms with E-state index >= 15 is 0 Å². The van der Waals surface area contributed by atoms with Crippen molar-refractivity contribution in [1.82, 2.24) is 4.98 Å². The lowest BCUT2D eigenvalue weighted by Crippen LogP contribution is -2.96. The van der Waals surface area contributed by atoms with Gasteiger partial charge in [0.15, 0.2) is 5.69 Å². The average molecular weight is 221 g/mol. The number of allylic oxidation sites excluding steroid dienone is 1. The van der Waals surface area contributed by atoms with E-state index in [0.717, 1.165) is 24.8 Å². The number of aromatic nitrogens is 1. The Bertz CT molecular complexity index is 404. The smallest absolute Gasteiger partial charge is 0.157 e. The van der Waals surface area contributed by atoms with Crippen molar-refractivity contribution < 1.29 is 10.3 Å². The lowest BCUT2D eigenvalue weighted by molar-refractivity contribution is -0.715. The molecular weight excluding hydrogens is 208 g/mol. The van der Waals surface area contributed by atoms with Gasteiger partial charge in [0, 0.05) is 11.8 Å². The molecule has 16 heavy (non-hydrogen) atoms. The minimum atomic E-state index is -1.23. The number of nitrogens with one attached hydrogen (secondary N) is 1. The monoisotopic (exact) mass is 221 g/mol. The third-order valence-corrected chi connectivity index (χ3v) is 2.73. The third kappa shape index (κ3) is 2.28. The first kappa shape index (κ1) is 11.2. The Kier molecular flexibility index (Phi) is 3.31. The number of aliphatic hydroxyl groups excluding tert-OH is 1. The largest absolute Gasteiger partial charge is 0.628 e. The quantitative estimate of drug-likeness (QED) is 0.713. The van der Waals surface area contributed by atoms with E-state index in [1.54, 1.807) is 18.3 Å². The number of aliphatic hydroxyl groups is 1. The third-order valence-electron chi connectivity index (χ3n) is 2.73. The number of pyridine rings is 1. The molecule has 1 aromatic heterocycles. The molecule has 0 fully saturated rings. The summed E-state index contributed by atoms with van der Waals surface area (Å²) in [7, 11) is 0. The number of rotatable bonds is 2. The van der Waals surface area contributed by atoms with Gasteiger partial charge < -0.3 is 20.7 Å². The Morgan fingerprint density at radius 3 is 2.94 bits per heavy atom. The molecule has 1 heterocycles. The van der Waals surface area contributed by atoms with E-state index in [4.69, 9.17) is 0 Å². The molecule has 86 valence electrons. The van der Waals surface area contributed by atoms with Crippen molar-refractivity contribution in [2.45, 2.75) is 25.4 Å². The Labute approximate surface area is 93.2 Å². The molecule has 1 aromatic rings. The summed E-state index contributed by atoms with van der Waals surface area (Å²) in [6.07, 6.45) is 6.44. The van der Waals surface area contributed by atoms with Gasteiger partial charge in [-0.15, -0.1) is 0 Å². The second-order valence-corrected chi connectivity index (χ2v) is 3.86. The fourth-order valence-corrected chi connectivity index (χ4v) is 1.96. The average Bonchev–Trinajstić information content (AvgIpc) is 2.29. The molecule has 1 atom stereocenters. The van der Waals surface area contributed by atoms with Crippen LogP contribution < -0.4 is 5.23 Å². The van der Waals surface area contributed by atoms with Crippen LogP contribution in [0.1, 0.15) is 24.8 Å². The molecule has 0 saturated carbocycles. The van der Waals surface area contributed by atoms with Gasteiger partial charge in [0.1, 0.15) is 0 Å². The van der Waals surface area contributed by atoms with Crippen LogP contribution in [0.2, 0.25) is 0 Å². The highest BCUT2D eigenvalue weighted by Gasteiger charge is 2.16. The van der Waals surface area contributed by atoms with Gasteiger partial charge in [-0.2, -0.15) is 0 Å². The standard InChI is InChI=1S/C11H13N2O3/c14-9-3-1-2-8(6-9)10-4-5-12-7-11(10)13(15)16/h4-7,9,13-14H,1-3H2/q-1. The maximum Gasteiger partial charge on any atom is 0.157 e. The number of hydrogen-bond acceptors (Lipinski definition) is 4. The van der Waals surface area contributed by atoms with Crippen molar-refractivity contribution in [3.05, 3.63) is 40.5 Å². The van der Waals surface area contributed by atoms with Gasteiger partial charge in [-0.1, -0.05) is 6.08 Å². The second-order valence-electron chi connectivity index (χ2n) is 3.86. The fraction of sp³-hybridized carbons (Fsp3) is 0.364. The first-order valence-electron chi connectivity index (χ1n) is 5.23. The van der Waals surface area contributed by atoms with Gasteiger partial charge in [-0.05, 0) is 30.9 Å². The van der Waals surface area contributed by atoms with Crippen LogP contribution in [0.25, 0.3) is 5.57 Å². The number of hydrogen-bond donors (Lipinski definition) is 2. The van der Waals surface area contributed by atoms with Gasteiger partial charge >= 0.3 is 0 Å². The molecule has 0 radical (unpaired) electrons. The summed E-state index contributed by atoms with van der Waals surface area (Å²) in [4.78, 5) is 3.77. The van der Waals surface area contributed by atoms with Crippen molar-refractivity contribution in [2.75, 3.05) is 0 Å². The zero-order chi connectivity index (χ0) is 11.5. The van der Waals surface area contributed by atoms with E-state index in [1.165, 1.54) is 6.20 Å². The molecule has 1 aliphatic rings. The Hall–Kier alpha value is -1.27. The van der Waals surface area contributed by atoms with Crippen LogP contribution in [-0.4, -0.2) is 16.2 Å². The van der Waals surface area contributed by atoms with Crippen molar-refractivity contribution in [3.8, 4) is 0 Å². The predicted octanol–water partition coefficient (Wildman–Crippen LogP) is 0.522. The summed E-state index contributed by atoms with van der Waals surface area (Å²) in [6.45, 7) is 0. The maximum absolute atomic E-state index is 10.9. The SMILES string of the molecule is [O-][NH+]([O-])c1cnccc1C1=CC(O)CCC1. The summed E-state index contributed by atoms with van der Waals surface area (Å²) in [5, 5.41) is 30.1. The Balaban J connectivity index is 2.39. The molecular formula is C11H13N2O3-. The Morgan fingerprint density at radius 1 is 1.44 bits per heavy atom. The fourth-order valence-electron chi connectivity index (χ4n) is 1.96. The molecule has 1 aliphatic carbocycles. The van der Waals surface area contributed by atoms with Gasteiger partial charge in [0.05, 0.1) is 12.3 Å². The summed E-state index contributed by atoms with van der Waals surface area (Å²) in [5.74, 6) is 0. The molecule has 0 amide bonds. The molecule has 0 aliphatic heterocycles. The van der Waals surface area contributed by atoms with Crippen molar-refractivity contribution in [2.24, 2.45) is 0 Å². The van der Waals surface area contributed by atoms with Gasteiger partial charge in [0.2, 0.25) is 0 Å². The minimum absolute atomic E-state index is 0.0860. The van der Waals surface area contributed by atoms with Crippen molar-refractivity contribution in [1.29, 1.82) is 0 Å². The summed E-state index contributed by atoms with van der Waals surface area (Å²) in [5.41, 5.74) is 1.55. The van der Waals surface area contributed by atoms with E-state index in [-0.39, 0.29) is 5.69 Å². The maximum atomic E-state index is 10.9. The molecule has 0 bridgehead atoms. The van der Waals surface area contributed by atoms with E-state index in [2.05, 4.69) is 4.98 Å². The van der Waals surface area contributed by atoms with E-state index in [9.17, 15) is 15.5 Å². The van der Waals surface area contributed by atoms with E-state index in [0.29, 0.717) is 5.56 Å². The highest BCUT2D eigenvalue weighted by molar-refractivity contribution is 5.73. The van der Waals surface area contributed by atoms with Crippen molar-refractivity contribution >= 4 is 11.3 Å². The molecule has 0 saturated heterocycles. The van der Waals surface area contributed by atoms with Crippen LogP contribution in [0.5, 0.6) is 0 Å². The number of quaternary nitrogens is 1. The van der Waals surface area contributed by atoms with Gasteiger partial charge in [-0.3, -0.25) is 4.98 Å². The molecule has 5 nitrogen and oxygen atoms in total. The summed E-state index contributed by atoms with van der Waals surface area (Å²) < 4.78 is 0. The van der Waals surface area contributed by atoms with Gasteiger partial charge in [0.25, 0.3) is 0 Å². The number of nitrogens with zero attached hydrogens (tertiary/aromatic N) is 1. The van der Waals surface area contributed by atoms with Crippen LogP contribution in [0.3, 0.4) is 0 Å². The molecule has 0 aromatic carbocycles. The second kappa shape index (κ2) is 4.71. The van der Waals surface area contributed by atoms with E-state index < -0.39 is 11.3 Å². The van der Waals surface area contributed by atoms with Crippen LogP contribution in [0.4, 0.5) is 5.69 Å². The zero-order valence-electron chi connectivity index (χ0n) is 8.72. The van der Waals surface area contributed by atoms with Crippen LogP contribution >= 0.6 is 0 Å². The topological polar surface area (TPSA) is 83.7 Å². The summed E-state index contributed by atoms with van der Waals surface area (Å²) in [6, 6.07) is 1.65. The van der Waals surface area contributed by atoms with Gasteiger partial charge in [-0.25, -0.2) is 0 Å². The lowest BCUT2D eigenvalue weighted by Gasteiger charge is -2.28. The predicted molar refractivity (Wildman–Crippen MR) is 59.4 cm³/mol. The normalized spacial score (nSPS) is 21.0. The first-order chi connectivity index (χ1) is 7.68. The highest BCUT2D eigenvalue weighted by Crippen LogP contribution is 2.29. The zero-order valence-corrected chi connectivity index (χ0v) is 8.72. The lowest BCUT2D eigenvalue weighted by atomic mass is 9.92. The first-order valence-corrected chi connectivity index (χ1v) is 5.23. The van der Waals surface area contributed by atoms with Crippen LogP contribution in [0.15, 0.2) is 24.5 Å². The Morgan fingerprint density at radius 2 is 2.25 bits per heavy atom. The molecule has 1 unspecified atom stereocenters. The molecule has 2 rings (SSSR count). The van der Waals surface area contributed by atoms with Crippen molar-refractivity contribution in [3.63, 3.8) is 0 Å². The molecule has 0 spiro atoms. The highest BCUT2D eigenvalue weighted by atomic mass is 16.8. The van der Waals surface area contributed by atoms with Crippen LogP contribution in [-0.2, 0) is 0 Å². The van der Waals surface area contributed by atoms with E-state index in [1.807, 2.05) is 0 Å². The summed E-state index contributed by atoms with van der Waals surface area (Å²) >= 11 is 0. The van der Waals surface area contributed by atoms with Crippen LogP contribution in [0, 0.1) is 10.4 Å². The minimum Gasteiger partial charge on any atom is -0.628 e. The molecule has 2 N–H and O–H groups in total.